The first kappa shape index (κ1) is 14.0. The summed E-state index contributed by atoms with van der Waals surface area (Å²) in [4.78, 5) is 14.0. The van der Waals surface area contributed by atoms with Gasteiger partial charge in [0.05, 0.1) is 6.10 Å². The Morgan fingerprint density at radius 2 is 2.37 bits per heavy atom. The first-order valence-corrected chi connectivity index (χ1v) is 6.74. The van der Waals surface area contributed by atoms with Crippen LogP contribution >= 0.6 is 0 Å². The maximum Gasteiger partial charge on any atom is 0.222 e. The molecule has 0 aromatic heterocycles. The number of piperidine rings is 1. The summed E-state index contributed by atoms with van der Waals surface area (Å²) in [6, 6.07) is 6.43. The number of hydrogen-bond acceptors (Lipinski definition) is 2. The summed E-state index contributed by atoms with van der Waals surface area (Å²) in [5, 5.41) is 0. The number of likely N-dealkylation sites (tertiary alicyclic amines) is 1. The molecule has 104 valence electrons. The fourth-order valence-electron chi connectivity index (χ4n) is 2.46. The minimum Gasteiger partial charge on any atom is -0.380 e. The van der Waals surface area contributed by atoms with E-state index in [4.69, 9.17) is 4.74 Å². The van der Waals surface area contributed by atoms with Crippen LogP contribution in [0, 0.1) is 5.82 Å². The van der Waals surface area contributed by atoms with E-state index < -0.39 is 0 Å². The number of ether oxygens (including phenoxy) is 1. The van der Waals surface area contributed by atoms with Crippen molar-refractivity contribution < 1.29 is 13.9 Å². The van der Waals surface area contributed by atoms with Gasteiger partial charge in [-0.2, -0.15) is 0 Å². The van der Waals surface area contributed by atoms with E-state index in [1.807, 2.05) is 11.0 Å². The zero-order chi connectivity index (χ0) is 13.7. The van der Waals surface area contributed by atoms with Gasteiger partial charge in [0, 0.05) is 26.6 Å². The second-order valence-electron chi connectivity index (χ2n) is 4.97. The quantitative estimate of drug-likeness (QED) is 0.836. The van der Waals surface area contributed by atoms with Gasteiger partial charge in [0.2, 0.25) is 5.91 Å². The van der Waals surface area contributed by atoms with E-state index >= 15 is 0 Å². The Kier molecular flexibility index (Phi) is 4.91. The zero-order valence-electron chi connectivity index (χ0n) is 11.3. The lowest BCUT2D eigenvalue weighted by Gasteiger charge is -2.32. The number of carbonyl (C=O) groups excluding carboxylic acids is 1. The van der Waals surface area contributed by atoms with Gasteiger partial charge in [-0.15, -0.1) is 0 Å². The van der Waals surface area contributed by atoms with E-state index in [1.54, 1.807) is 13.2 Å². The van der Waals surface area contributed by atoms with Crippen molar-refractivity contribution in [1.29, 1.82) is 0 Å². The summed E-state index contributed by atoms with van der Waals surface area (Å²) < 4.78 is 18.3. The summed E-state index contributed by atoms with van der Waals surface area (Å²) in [7, 11) is 1.69. The summed E-state index contributed by atoms with van der Waals surface area (Å²) >= 11 is 0. The van der Waals surface area contributed by atoms with Gasteiger partial charge in [-0.1, -0.05) is 12.1 Å². The average Bonchev–Trinajstić information content (AvgIpc) is 2.45. The number of benzene rings is 1. The number of halogens is 1. The van der Waals surface area contributed by atoms with Crippen molar-refractivity contribution >= 4 is 5.91 Å². The van der Waals surface area contributed by atoms with Crippen LogP contribution in [0.15, 0.2) is 24.3 Å². The monoisotopic (exact) mass is 265 g/mol. The van der Waals surface area contributed by atoms with Gasteiger partial charge >= 0.3 is 0 Å². The molecule has 0 saturated carbocycles. The lowest BCUT2D eigenvalue weighted by Crippen LogP contribution is -2.42. The minimum absolute atomic E-state index is 0.131. The number of nitrogens with zero attached hydrogens (tertiary/aromatic N) is 1. The SMILES string of the molecule is COC1CCCN(C(=O)CCc2cccc(F)c2)C1. The Morgan fingerprint density at radius 1 is 1.53 bits per heavy atom. The van der Waals surface area contributed by atoms with E-state index in [1.165, 1.54) is 12.1 Å². The maximum atomic E-state index is 13.0. The molecule has 1 aliphatic heterocycles. The van der Waals surface area contributed by atoms with Gasteiger partial charge in [-0.25, -0.2) is 4.39 Å². The van der Waals surface area contributed by atoms with Gasteiger partial charge in [0.1, 0.15) is 5.82 Å². The standard InChI is InChI=1S/C15H20FNO2/c1-19-14-6-3-9-17(11-14)15(18)8-7-12-4-2-5-13(16)10-12/h2,4-5,10,14H,3,6-9,11H2,1H3. The first-order chi connectivity index (χ1) is 9.19. The Labute approximate surface area is 113 Å². The van der Waals surface area contributed by atoms with Gasteiger partial charge < -0.3 is 9.64 Å². The molecule has 2 rings (SSSR count). The molecule has 0 N–H and O–H groups in total. The number of aryl methyl sites for hydroxylation is 1. The van der Waals surface area contributed by atoms with Crippen LogP contribution in [0.2, 0.25) is 0 Å². The second kappa shape index (κ2) is 6.66. The molecule has 1 atom stereocenters. The van der Waals surface area contributed by atoms with Crippen LogP contribution in [-0.4, -0.2) is 37.1 Å². The normalized spacial score (nSPS) is 19.5. The summed E-state index contributed by atoms with van der Waals surface area (Å²) in [6.07, 6.45) is 3.19. The molecule has 1 aromatic carbocycles. The van der Waals surface area contributed by atoms with Crippen molar-refractivity contribution in [3.05, 3.63) is 35.6 Å². The Hall–Kier alpha value is -1.42. The summed E-state index contributed by atoms with van der Waals surface area (Å²) in [5.74, 6) is -0.117. The molecule has 1 amide bonds. The lowest BCUT2D eigenvalue weighted by molar-refractivity contribution is -0.134. The fraction of sp³-hybridized carbons (Fsp3) is 0.533. The third-order valence-corrected chi connectivity index (χ3v) is 3.58. The highest BCUT2D eigenvalue weighted by Crippen LogP contribution is 2.14. The van der Waals surface area contributed by atoms with Gasteiger partial charge in [-0.05, 0) is 37.0 Å². The maximum absolute atomic E-state index is 13.0. The van der Waals surface area contributed by atoms with E-state index in [-0.39, 0.29) is 17.8 Å². The van der Waals surface area contributed by atoms with Gasteiger partial charge in [0.15, 0.2) is 0 Å². The Bertz CT molecular complexity index is 436. The molecule has 0 radical (unpaired) electrons. The number of methoxy groups -OCH3 is 1. The smallest absolute Gasteiger partial charge is 0.222 e. The molecule has 1 saturated heterocycles. The second-order valence-corrected chi connectivity index (χ2v) is 4.97. The number of carbonyl (C=O) groups is 1. The van der Waals surface area contributed by atoms with E-state index in [9.17, 15) is 9.18 Å². The number of rotatable bonds is 4. The minimum atomic E-state index is -0.248. The molecule has 0 spiro atoms. The average molecular weight is 265 g/mol. The molecule has 1 fully saturated rings. The van der Waals surface area contributed by atoms with Crippen molar-refractivity contribution in [2.24, 2.45) is 0 Å². The molecule has 1 heterocycles. The molecule has 3 nitrogen and oxygen atoms in total. The van der Waals surface area contributed by atoms with E-state index in [0.29, 0.717) is 19.4 Å². The largest absolute Gasteiger partial charge is 0.380 e. The zero-order valence-corrected chi connectivity index (χ0v) is 11.3. The molecule has 1 unspecified atom stereocenters. The van der Waals surface area contributed by atoms with Crippen LogP contribution in [0.4, 0.5) is 4.39 Å². The van der Waals surface area contributed by atoms with Gasteiger partial charge in [0.25, 0.3) is 0 Å². The van der Waals surface area contributed by atoms with Crippen LogP contribution in [0.1, 0.15) is 24.8 Å². The molecule has 0 bridgehead atoms. The van der Waals surface area contributed by atoms with E-state index in [2.05, 4.69) is 0 Å². The van der Waals surface area contributed by atoms with Crippen LogP contribution < -0.4 is 0 Å². The topological polar surface area (TPSA) is 29.5 Å². The van der Waals surface area contributed by atoms with Crippen LogP contribution in [0.25, 0.3) is 0 Å². The lowest BCUT2D eigenvalue weighted by atomic mass is 10.1. The highest BCUT2D eigenvalue weighted by Gasteiger charge is 2.22. The molecule has 4 heteroatoms. The molecular formula is C15H20FNO2. The number of hydrogen-bond donors (Lipinski definition) is 0. The summed E-state index contributed by atoms with van der Waals surface area (Å²) in [6.45, 7) is 1.49. The molecule has 19 heavy (non-hydrogen) atoms. The third kappa shape index (κ3) is 4.03. The van der Waals surface area contributed by atoms with E-state index in [0.717, 1.165) is 24.9 Å². The highest BCUT2D eigenvalue weighted by atomic mass is 19.1. The van der Waals surface area contributed by atoms with Gasteiger partial charge in [-0.3, -0.25) is 4.79 Å². The molecule has 0 aliphatic carbocycles. The van der Waals surface area contributed by atoms with Crippen LogP contribution in [0.3, 0.4) is 0 Å². The van der Waals surface area contributed by atoms with Crippen LogP contribution in [0.5, 0.6) is 0 Å². The van der Waals surface area contributed by atoms with Crippen molar-refractivity contribution in [2.45, 2.75) is 31.8 Å². The first-order valence-electron chi connectivity index (χ1n) is 6.74. The summed E-state index contributed by atoms with van der Waals surface area (Å²) in [5.41, 5.74) is 0.869. The van der Waals surface area contributed by atoms with Crippen molar-refractivity contribution in [1.82, 2.24) is 4.90 Å². The fourth-order valence-corrected chi connectivity index (χ4v) is 2.46. The highest BCUT2D eigenvalue weighted by molar-refractivity contribution is 5.76. The Balaban J connectivity index is 1.84. The van der Waals surface area contributed by atoms with Crippen molar-refractivity contribution in [2.75, 3.05) is 20.2 Å². The number of amides is 1. The Morgan fingerprint density at radius 3 is 3.11 bits per heavy atom. The third-order valence-electron chi connectivity index (χ3n) is 3.58. The predicted molar refractivity (Wildman–Crippen MR) is 71.3 cm³/mol. The van der Waals surface area contributed by atoms with Crippen molar-refractivity contribution in [3.8, 4) is 0 Å². The molecular weight excluding hydrogens is 245 g/mol. The van der Waals surface area contributed by atoms with Crippen molar-refractivity contribution in [3.63, 3.8) is 0 Å². The predicted octanol–water partition coefficient (Wildman–Crippen LogP) is 2.40. The molecule has 1 aliphatic rings. The van der Waals surface area contributed by atoms with Crippen LogP contribution in [-0.2, 0) is 16.0 Å². The molecule has 1 aromatic rings.